The van der Waals surface area contributed by atoms with Gasteiger partial charge >= 0.3 is 0 Å². The van der Waals surface area contributed by atoms with Gasteiger partial charge in [-0.15, -0.1) is 21.5 Å². The maximum absolute atomic E-state index is 13.5. The van der Waals surface area contributed by atoms with Crippen LogP contribution in [0.3, 0.4) is 0 Å². The highest BCUT2D eigenvalue weighted by atomic mass is 32.2. The van der Waals surface area contributed by atoms with Gasteiger partial charge < -0.3 is 0 Å². The van der Waals surface area contributed by atoms with Crippen molar-refractivity contribution >= 4 is 39.1 Å². The lowest BCUT2D eigenvalue weighted by Gasteiger charge is -2.10. The minimum absolute atomic E-state index is 0.0259. The van der Waals surface area contributed by atoms with Gasteiger partial charge in [0.25, 0.3) is 5.56 Å². The van der Waals surface area contributed by atoms with Crippen LogP contribution in [0.5, 0.6) is 0 Å². The second-order valence-corrected chi connectivity index (χ2v) is 8.88. The molecule has 132 valence electrons. The standard InChI is InChI=1S/C19H18N4OS2/c1-3-25-19-21-20-18-22(12-7-4-6-11(2)10-12)16(24)15-13-8-5-9-14(13)26-17(15)23(18)19/h4,6-7,10H,3,5,8-9H2,1-2H3. The molecule has 7 heteroatoms. The summed E-state index contributed by atoms with van der Waals surface area (Å²) in [5.74, 6) is 1.51. The van der Waals surface area contributed by atoms with E-state index >= 15 is 0 Å². The van der Waals surface area contributed by atoms with E-state index in [0.717, 1.165) is 51.6 Å². The van der Waals surface area contributed by atoms with E-state index in [2.05, 4.69) is 21.5 Å². The fraction of sp³-hybridized carbons (Fsp3) is 0.316. The molecule has 0 atom stereocenters. The normalized spacial score (nSPS) is 13.8. The third kappa shape index (κ3) is 2.20. The Bertz CT molecular complexity index is 1220. The molecule has 0 N–H and O–H groups in total. The molecule has 0 fully saturated rings. The Balaban J connectivity index is 1.98. The topological polar surface area (TPSA) is 52.2 Å². The molecule has 0 aliphatic heterocycles. The van der Waals surface area contributed by atoms with E-state index in [-0.39, 0.29) is 5.56 Å². The number of thiophene rings is 1. The molecule has 3 aromatic heterocycles. The van der Waals surface area contributed by atoms with Gasteiger partial charge in [0.2, 0.25) is 5.78 Å². The molecule has 1 aliphatic rings. The van der Waals surface area contributed by atoms with Crippen LogP contribution in [0.25, 0.3) is 21.7 Å². The Hall–Kier alpha value is -2.12. The van der Waals surface area contributed by atoms with Gasteiger partial charge in [-0.05, 0) is 55.2 Å². The van der Waals surface area contributed by atoms with Crippen LogP contribution in [0.2, 0.25) is 0 Å². The minimum Gasteiger partial charge on any atom is -0.268 e. The third-order valence-electron chi connectivity index (χ3n) is 4.87. The van der Waals surface area contributed by atoms with Crippen molar-refractivity contribution < 1.29 is 0 Å². The van der Waals surface area contributed by atoms with Gasteiger partial charge in [-0.2, -0.15) is 0 Å². The molecular formula is C19H18N4OS2. The first-order chi connectivity index (χ1) is 12.7. The van der Waals surface area contributed by atoms with Crippen molar-refractivity contribution in [3.8, 4) is 5.69 Å². The van der Waals surface area contributed by atoms with Gasteiger partial charge in [-0.3, -0.25) is 4.79 Å². The number of hydrogen-bond acceptors (Lipinski definition) is 5. The summed E-state index contributed by atoms with van der Waals surface area (Å²) in [6.07, 6.45) is 3.19. The maximum Gasteiger partial charge on any atom is 0.268 e. The first-order valence-electron chi connectivity index (χ1n) is 8.83. The average molecular weight is 383 g/mol. The molecule has 0 amide bonds. The lowest BCUT2D eigenvalue weighted by molar-refractivity contribution is 0.910. The number of nitrogens with zero attached hydrogens (tertiary/aromatic N) is 4. The maximum atomic E-state index is 13.5. The number of hydrogen-bond donors (Lipinski definition) is 0. The predicted molar refractivity (Wildman–Crippen MR) is 107 cm³/mol. The molecule has 26 heavy (non-hydrogen) atoms. The summed E-state index contributed by atoms with van der Waals surface area (Å²) in [5, 5.41) is 10.5. The van der Waals surface area contributed by atoms with E-state index in [4.69, 9.17) is 0 Å². The number of benzene rings is 1. The van der Waals surface area contributed by atoms with Gasteiger partial charge in [-0.1, -0.05) is 30.8 Å². The number of fused-ring (bicyclic) bond motifs is 5. The summed E-state index contributed by atoms with van der Waals surface area (Å²) < 4.78 is 3.81. The van der Waals surface area contributed by atoms with Crippen LogP contribution >= 0.6 is 23.1 Å². The van der Waals surface area contributed by atoms with E-state index in [1.165, 1.54) is 10.4 Å². The van der Waals surface area contributed by atoms with Crippen LogP contribution in [-0.4, -0.2) is 24.9 Å². The van der Waals surface area contributed by atoms with Crippen LogP contribution in [0.1, 0.15) is 29.3 Å². The summed E-state index contributed by atoms with van der Waals surface area (Å²) in [4.78, 5) is 15.9. The summed E-state index contributed by atoms with van der Waals surface area (Å²) in [6.45, 7) is 4.14. The van der Waals surface area contributed by atoms with E-state index < -0.39 is 0 Å². The largest absolute Gasteiger partial charge is 0.268 e. The summed E-state index contributed by atoms with van der Waals surface area (Å²) in [6, 6.07) is 8.01. The highest BCUT2D eigenvalue weighted by Crippen LogP contribution is 2.37. The predicted octanol–water partition coefficient (Wildman–Crippen LogP) is 4.00. The molecule has 0 spiro atoms. The van der Waals surface area contributed by atoms with Gasteiger partial charge in [0.05, 0.1) is 11.1 Å². The fourth-order valence-electron chi connectivity index (χ4n) is 3.78. The van der Waals surface area contributed by atoms with Crippen LogP contribution in [0.15, 0.2) is 34.2 Å². The van der Waals surface area contributed by atoms with Gasteiger partial charge in [0.15, 0.2) is 5.16 Å². The Kier molecular flexibility index (Phi) is 3.68. The molecule has 0 unspecified atom stereocenters. The van der Waals surface area contributed by atoms with Crippen molar-refractivity contribution in [2.24, 2.45) is 0 Å². The van der Waals surface area contributed by atoms with Crippen LogP contribution in [-0.2, 0) is 12.8 Å². The summed E-state index contributed by atoms with van der Waals surface area (Å²) >= 11 is 3.40. The molecule has 3 heterocycles. The summed E-state index contributed by atoms with van der Waals surface area (Å²) in [5.41, 5.74) is 3.23. The Morgan fingerprint density at radius 2 is 2.15 bits per heavy atom. The molecule has 5 rings (SSSR count). The van der Waals surface area contributed by atoms with E-state index in [0.29, 0.717) is 5.78 Å². The van der Waals surface area contributed by atoms with Crippen molar-refractivity contribution in [3.63, 3.8) is 0 Å². The quantitative estimate of drug-likeness (QED) is 0.503. The smallest absolute Gasteiger partial charge is 0.268 e. The molecule has 0 saturated carbocycles. The average Bonchev–Trinajstić information content (AvgIpc) is 3.29. The number of rotatable bonds is 3. The SMILES string of the molecule is CCSc1nnc2n(-c3cccc(C)c3)c(=O)c3c4c(sc3n12)CCC4. The van der Waals surface area contributed by atoms with Crippen molar-refractivity contribution in [2.75, 3.05) is 5.75 Å². The van der Waals surface area contributed by atoms with Crippen molar-refractivity contribution in [1.29, 1.82) is 0 Å². The molecule has 1 aliphatic carbocycles. The van der Waals surface area contributed by atoms with Crippen molar-refractivity contribution in [3.05, 3.63) is 50.6 Å². The lowest BCUT2D eigenvalue weighted by atomic mass is 10.2. The molecule has 1 aromatic carbocycles. The first kappa shape index (κ1) is 16.1. The van der Waals surface area contributed by atoms with E-state index in [9.17, 15) is 4.79 Å². The zero-order valence-corrected chi connectivity index (χ0v) is 16.3. The number of aryl methyl sites for hydroxylation is 3. The van der Waals surface area contributed by atoms with Crippen molar-refractivity contribution in [2.45, 2.75) is 38.3 Å². The molecule has 0 saturated heterocycles. The lowest BCUT2D eigenvalue weighted by Crippen LogP contribution is -2.22. The van der Waals surface area contributed by atoms with E-state index in [1.54, 1.807) is 27.7 Å². The minimum atomic E-state index is 0.0259. The van der Waals surface area contributed by atoms with Crippen LogP contribution < -0.4 is 5.56 Å². The molecule has 4 aromatic rings. The molecule has 0 radical (unpaired) electrons. The number of thioether (sulfide) groups is 1. The highest BCUT2D eigenvalue weighted by Gasteiger charge is 2.26. The molecule has 0 bridgehead atoms. The second kappa shape index (κ2) is 5.96. The van der Waals surface area contributed by atoms with E-state index in [1.807, 2.05) is 31.2 Å². The third-order valence-corrected chi connectivity index (χ3v) is 6.96. The molecular weight excluding hydrogens is 364 g/mol. The Morgan fingerprint density at radius 3 is 2.96 bits per heavy atom. The Labute approximate surface area is 158 Å². The highest BCUT2D eigenvalue weighted by molar-refractivity contribution is 7.99. The fourth-order valence-corrected chi connectivity index (χ4v) is 5.87. The molecule has 5 nitrogen and oxygen atoms in total. The first-order valence-corrected chi connectivity index (χ1v) is 10.6. The second-order valence-electron chi connectivity index (χ2n) is 6.57. The van der Waals surface area contributed by atoms with Crippen LogP contribution in [0, 0.1) is 6.92 Å². The monoisotopic (exact) mass is 382 g/mol. The van der Waals surface area contributed by atoms with Crippen molar-refractivity contribution in [1.82, 2.24) is 19.2 Å². The van der Waals surface area contributed by atoms with Gasteiger partial charge in [0.1, 0.15) is 4.83 Å². The Morgan fingerprint density at radius 1 is 1.27 bits per heavy atom. The zero-order valence-electron chi connectivity index (χ0n) is 14.7. The van der Waals surface area contributed by atoms with Crippen LogP contribution in [0.4, 0.5) is 0 Å². The van der Waals surface area contributed by atoms with Gasteiger partial charge in [-0.25, -0.2) is 8.97 Å². The summed E-state index contributed by atoms with van der Waals surface area (Å²) in [7, 11) is 0. The zero-order chi connectivity index (χ0) is 17.8. The number of aromatic nitrogens is 4. The van der Waals surface area contributed by atoms with Gasteiger partial charge in [0, 0.05) is 4.88 Å².